The summed E-state index contributed by atoms with van der Waals surface area (Å²) in [7, 11) is -7.80. The molecule has 0 bridgehead atoms. The van der Waals surface area contributed by atoms with Crippen molar-refractivity contribution < 1.29 is 36.7 Å². The van der Waals surface area contributed by atoms with E-state index in [2.05, 4.69) is 102 Å². The zero-order valence-electron chi connectivity index (χ0n) is 27.8. The summed E-state index contributed by atoms with van der Waals surface area (Å²) >= 11 is 0. The lowest BCUT2D eigenvalue weighted by atomic mass is 10.1. The van der Waals surface area contributed by atoms with Gasteiger partial charge >= 0.3 is 7.60 Å². The highest BCUT2D eigenvalue weighted by atomic mass is 31.2. The van der Waals surface area contributed by atoms with Gasteiger partial charge in [0.2, 0.25) is 0 Å². The number of hydrogen-bond donors (Lipinski definition) is 1. The van der Waals surface area contributed by atoms with E-state index in [-0.39, 0.29) is 21.7 Å². The Balaban J connectivity index is 3.69. The molecule has 0 radical (unpaired) electrons. The first-order valence-electron chi connectivity index (χ1n) is 13.9. The van der Waals surface area contributed by atoms with E-state index in [0.717, 1.165) is 0 Å². The average molecular weight is 627 g/mol. The third-order valence-electron chi connectivity index (χ3n) is 9.23. The molecule has 0 aromatic carbocycles. The van der Waals surface area contributed by atoms with Crippen molar-refractivity contribution in [2.75, 3.05) is 20.8 Å². The van der Waals surface area contributed by atoms with E-state index >= 15 is 0 Å². The molecule has 0 spiro atoms. The van der Waals surface area contributed by atoms with E-state index in [4.69, 9.17) is 27.1 Å². The molecule has 0 saturated carbocycles. The van der Waals surface area contributed by atoms with Crippen LogP contribution in [0.3, 0.4) is 0 Å². The second-order valence-electron chi connectivity index (χ2n) is 15.3. The number of aliphatic hydroxyl groups is 1. The van der Waals surface area contributed by atoms with Crippen LogP contribution in [0.15, 0.2) is 11.6 Å². The first kappa shape index (κ1) is 37.2. The summed E-state index contributed by atoms with van der Waals surface area (Å²) in [6.45, 7) is 32.6. The molecule has 0 aliphatic carbocycles. The number of ether oxygens (including phenoxy) is 1. The van der Waals surface area contributed by atoms with E-state index in [9.17, 15) is 9.67 Å². The molecule has 1 aliphatic rings. The Morgan fingerprint density at radius 1 is 0.821 bits per heavy atom. The summed E-state index contributed by atoms with van der Waals surface area (Å²) < 4.78 is 50.4. The molecule has 232 valence electrons. The summed E-state index contributed by atoms with van der Waals surface area (Å²) in [5.41, 5.74) is 0. The zero-order valence-corrected chi connectivity index (χ0v) is 31.7. The fraction of sp³-hybridized carbons (Fsp3) is 0.926. The first-order valence-corrected chi connectivity index (χ1v) is 24.3. The van der Waals surface area contributed by atoms with Gasteiger partial charge in [-0.15, -0.1) is 0 Å². The lowest BCUT2D eigenvalue weighted by Crippen LogP contribution is -2.55. The van der Waals surface area contributed by atoms with E-state index in [0.29, 0.717) is 5.76 Å². The fourth-order valence-electron chi connectivity index (χ4n) is 3.23. The second kappa shape index (κ2) is 12.4. The van der Waals surface area contributed by atoms with Crippen molar-refractivity contribution in [2.24, 2.45) is 0 Å². The lowest BCUT2D eigenvalue weighted by molar-refractivity contribution is -0.0554. The Morgan fingerprint density at radius 2 is 1.23 bits per heavy atom. The Bertz CT molecular complexity index is 892. The number of aliphatic hydroxyl groups excluding tert-OH is 1. The first-order chi connectivity index (χ1) is 17.1. The summed E-state index contributed by atoms with van der Waals surface area (Å²) in [5.74, 6) is 1.70. The second-order valence-corrected chi connectivity index (χ2v) is 31.7. The van der Waals surface area contributed by atoms with Crippen LogP contribution in [-0.4, -0.2) is 75.3 Å². The largest absolute Gasteiger partial charge is 0.486 e. The normalized spacial score (nSPS) is 24.3. The van der Waals surface area contributed by atoms with Crippen LogP contribution in [0.25, 0.3) is 0 Å². The van der Waals surface area contributed by atoms with E-state index in [1.54, 1.807) is 0 Å². The van der Waals surface area contributed by atoms with Gasteiger partial charge in [0.05, 0.1) is 12.4 Å². The molecule has 4 atom stereocenters. The van der Waals surface area contributed by atoms with Crippen LogP contribution in [0.2, 0.25) is 54.4 Å². The van der Waals surface area contributed by atoms with Gasteiger partial charge in [-0.25, -0.2) is 0 Å². The van der Waals surface area contributed by atoms with E-state index in [1.165, 1.54) is 20.0 Å². The molecule has 0 aromatic rings. The Kier molecular flexibility index (Phi) is 11.9. The van der Waals surface area contributed by atoms with Crippen LogP contribution in [0.1, 0.15) is 62.3 Å². The van der Waals surface area contributed by atoms with Crippen molar-refractivity contribution in [2.45, 2.75) is 141 Å². The molecule has 1 rings (SSSR count). The van der Waals surface area contributed by atoms with Crippen LogP contribution in [0.4, 0.5) is 0 Å². The van der Waals surface area contributed by atoms with Crippen molar-refractivity contribution in [3.05, 3.63) is 11.6 Å². The zero-order chi connectivity index (χ0) is 31.0. The molecule has 1 fully saturated rings. The van der Waals surface area contributed by atoms with Gasteiger partial charge in [0.25, 0.3) is 0 Å². The molecule has 39 heavy (non-hydrogen) atoms. The van der Waals surface area contributed by atoms with Crippen LogP contribution in [0, 0.1) is 0 Å². The van der Waals surface area contributed by atoms with Gasteiger partial charge in [-0.1, -0.05) is 62.3 Å². The van der Waals surface area contributed by atoms with Gasteiger partial charge < -0.3 is 32.2 Å². The molecule has 1 N–H and O–H groups in total. The molecule has 12 heteroatoms. The molecule has 0 amide bonds. The predicted molar refractivity (Wildman–Crippen MR) is 168 cm³/mol. The monoisotopic (exact) mass is 626 g/mol. The van der Waals surface area contributed by atoms with Gasteiger partial charge in [-0.05, 0) is 54.4 Å². The third kappa shape index (κ3) is 9.08. The SMILES string of the molecule is COP(=O)(/C=C1\O[C@@H]([C@H](O)CO[Si](C)(C)C(C)(C)C)[C@H](O[Si](C)(C)C(C)(C)C)[C@H]1O[Si](C)(C)C(C)(C)C)OC. The maximum Gasteiger partial charge on any atom is 0.357 e. The van der Waals surface area contributed by atoms with Crippen molar-refractivity contribution in [3.63, 3.8) is 0 Å². The molecule has 1 heterocycles. The van der Waals surface area contributed by atoms with Gasteiger partial charge in [0.15, 0.2) is 31.1 Å². The lowest BCUT2D eigenvalue weighted by Gasteiger charge is -2.43. The quantitative estimate of drug-likeness (QED) is 0.183. The Hall–Kier alpha value is 0.181. The molecule has 0 aromatic heterocycles. The van der Waals surface area contributed by atoms with Crippen molar-refractivity contribution in [3.8, 4) is 0 Å². The van der Waals surface area contributed by atoms with Gasteiger partial charge in [-0.3, -0.25) is 4.57 Å². The van der Waals surface area contributed by atoms with Crippen molar-refractivity contribution in [1.29, 1.82) is 0 Å². The van der Waals surface area contributed by atoms with E-state index < -0.39 is 57.0 Å². The highest BCUT2D eigenvalue weighted by Crippen LogP contribution is 2.52. The molecule has 0 unspecified atom stereocenters. The summed E-state index contributed by atoms with van der Waals surface area (Å²) in [5, 5.41) is 11.4. The number of rotatable bonds is 11. The average Bonchev–Trinajstić information content (AvgIpc) is 3.05. The molecule has 1 aliphatic heterocycles. The van der Waals surface area contributed by atoms with Crippen LogP contribution >= 0.6 is 7.60 Å². The van der Waals surface area contributed by atoms with Gasteiger partial charge in [0.1, 0.15) is 24.1 Å². The van der Waals surface area contributed by atoms with Crippen LogP contribution in [0.5, 0.6) is 0 Å². The minimum atomic E-state index is -3.61. The molecular formula is C27H59O8PSi3. The summed E-state index contributed by atoms with van der Waals surface area (Å²) in [6, 6.07) is 0. The van der Waals surface area contributed by atoms with Crippen molar-refractivity contribution >= 4 is 32.5 Å². The third-order valence-corrected chi connectivity index (χ3v) is 24.3. The molecular weight excluding hydrogens is 568 g/mol. The summed E-state index contributed by atoms with van der Waals surface area (Å²) in [4.78, 5) is 0. The van der Waals surface area contributed by atoms with Crippen LogP contribution in [-0.2, 0) is 31.6 Å². The Labute approximate surface area is 242 Å². The van der Waals surface area contributed by atoms with E-state index in [1.807, 2.05) is 0 Å². The highest BCUT2D eigenvalue weighted by Gasteiger charge is 2.55. The molecule has 1 saturated heterocycles. The van der Waals surface area contributed by atoms with Crippen molar-refractivity contribution in [1.82, 2.24) is 0 Å². The Morgan fingerprint density at radius 3 is 1.62 bits per heavy atom. The van der Waals surface area contributed by atoms with Gasteiger partial charge in [0, 0.05) is 14.2 Å². The van der Waals surface area contributed by atoms with Crippen LogP contribution < -0.4 is 0 Å². The highest BCUT2D eigenvalue weighted by molar-refractivity contribution is 7.57. The smallest absolute Gasteiger partial charge is 0.357 e. The predicted octanol–water partition coefficient (Wildman–Crippen LogP) is 7.88. The molecule has 8 nitrogen and oxygen atoms in total. The fourth-order valence-corrected chi connectivity index (χ4v) is 7.66. The minimum Gasteiger partial charge on any atom is -0.486 e. The van der Waals surface area contributed by atoms with Gasteiger partial charge in [-0.2, -0.15) is 0 Å². The maximum atomic E-state index is 13.3. The maximum absolute atomic E-state index is 13.3. The standard InChI is InChI=1S/C27H59O8PSi3/c1-25(2,3)37(12,13)32-18-20(28)22-24(35-39(16,17)27(7,8)9)23(34-38(14,15)26(4,5)6)21(33-22)19-36(29,30-10)31-11/h19-20,22-24,28H,18H2,1-17H3/b21-19-/t20-,22+,23+,24+/m1/s1. The summed E-state index contributed by atoms with van der Waals surface area (Å²) in [6.07, 6.45) is -3.10. The topological polar surface area (TPSA) is 92.7 Å². The number of hydrogen-bond acceptors (Lipinski definition) is 8. The minimum absolute atomic E-state index is 0.0110.